The van der Waals surface area contributed by atoms with Crippen LogP contribution in [-0.2, 0) is 0 Å². The van der Waals surface area contributed by atoms with Gasteiger partial charge in [0.25, 0.3) is 0 Å². The van der Waals surface area contributed by atoms with Gasteiger partial charge < -0.3 is 9.13 Å². The van der Waals surface area contributed by atoms with Crippen LogP contribution in [0.1, 0.15) is 0 Å². The molecule has 0 amide bonds. The van der Waals surface area contributed by atoms with E-state index in [2.05, 4.69) is 228 Å². The van der Waals surface area contributed by atoms with Crippen molar-refractivity contribution in [1.29, 1.82) is 0 Å². The summed E-state index contributed by atoms with van der Waals surface area (Å²) in [6.07, 6.45) is 0. The molecule has 0 aliphatic carbocycles. The molecule has 10 aromatic carbocycles. The lowest BCUT2D eigenvalue weighted by Crippen LogP contribution is -1.94. The van der Waals surface area contributed by atoms with E-state index in [0.29, 0.717) is 0 Å². The zero-order chi connectivity index (χ0) is 38.2. The molecule has 0 bridgehead atoms. The van der Waals surface area contributed by atoms with Gasteiger partial charge >= 0.3 is 0 Å². The lowest BCUT2D eigenvalue weighted by Gasteiger charge is -2.16. The van der Waals surface area contributed by atoms with Gasteiger partial charge in [-0.05, 0) is 128 Å². The number of para-hydroxylation sites is 4. The number of rotatable bonds is 5. The molecular weight excluding hydrogens is 701 g/mol. The zero-order valence-electron chi connectivity index (χ0n) is 31.7. The second kappa shape index (κ2) is 12.9. The maximum absolute atomic E-state index is 2.39. The normalized spacial score (nSPS) is 11.8. The van der Waals surface area contributed by atoms with Gasteiger partial charge in [0.1, 0.15) is 0 Å². The van der Waals surface area contributed by atoms with Crippen LogP contribution in [0.15, 0.2) is 218 Å². The highest BCUT2D eigenvalue weighted by Crippen LogP contribution is 2.41. The van der Waals surface area contributed by atoms with Crippen molar-refractivity contribution in [1.82, 2.24) is 9.13 Å². The van der Waals surface area contributed by atoms with Crippen molar-refractivity contribution < 1.29 is 0 Å². The average molecular weight is 737 g/mol. The van der Waals surface area contributed by atoms with Gasteiger partial charge in [0.2, 0.25) is 0 Å². The third-order valence-corrected chi connectivity index (χ3v) is 12.1. The summed E-state index contributed by atoms with van der Waals surface area (Å²) in [6, 6.07) is 80.1. The van der Waals surface area contributed by atoms with E-state index >= 15 is 0 Å². The van der Waals surface area contributed by atoms with Crippen molar-refractivity contribution in [3.63, 3.8) is 0 Å². The Hall–Kier alpha value is -7.68. The van der Waals surface area contributed by atoms with Crippen molar-refractivity contribution in [3.05, 3.63) is 218 Å². The molecule has 0 unspecified atom stereocenters. The van der Waals surface area contributed by atoms with Gasteiger partial charge in [-0.2, -0.15) is 0 Å². The van der Waals surface area contributed by atoms with E-state index in [4.69, 9.17) is 0 Å². The van der Waals surface area contributed by atoms with E-state index in [1.807, 2.05) is 0 Å². The van der Waals surface area contributed by atoms with E-state index in [1.54, 1.807) is 0 Å². The summed E-state index contributed by atoms with van der Waals surface area (Å²) >= 11 is 0. The Morgan fingerprint density at radius 2 is 0.534 bits per heavy atom. The number of hydrogen-bond donors (Lipinski definition) is 0. The Kier molecular flexibility index (Phi) is 7.26. The van der Waals surface area contributed by atoms with E-state index in [1.165, 1.54) is 98.5 Å². The fraction of sp³-hybridized carbons (Fsp3) is 0. The van der Waals surface area contributed by atoms with E-state index in [0.717, 1.165) is 11.4 Å². The van der Waals surface area contributed by atoms with Crippen LogP contribution < -0.4 is 0 Å². The van der Waals surface area contributed by atoms with E-state index in [9.17, 15) is 0 Å². The predicted octanol–water partition coefficient (Wildman–Crippen LogP) is 15.2. The number of hydrogen-bond acceptors (Lipinski definition) is 0. The molecule has 2 aromatic heterocycles. The minimum Gasteiger partial charge on any atom is -0.309 e. The fourth-order valence-electron chi connectivity index (χ4n) is 9.44. The predicted molar refractivity (Wildman–Crippen MR) is 246 cm³/mol. The van der Waals surface area contributed by atoms with Crippen molar-refractivity contribution in [2.24, 2.45) is 0 Å². The number of benzene rings is 10. The van der Waals surface area contributed by atoms with Crippen LogP contribution in [0.4, 0.5) is 0 Å². The SMILES string of the molecule is c1ccc2c(-c3cc(-c4ccc(-n5c6ccccc6c6ccccc65)cc4)cc(-c4ccc(-n5c6ccccc6c6ccccc65)cc4)c3)c3ccccc3cc2c1. The van der Waals surface area contributed by atoms with E-state index in [-0.39, 0.29) is 0 Å². The van der Waals surface area contributed by atoms with Crippen molar-refractivity contribution in [3.8, 4) is 44.8 Å². The highest BCUT2D eigenvalue weighted by Gasteiger charge is 2.16. The lowest BCUT2D eigenvalue weighted by atomic mass is 9.88. The molecular formula is C56H36N2. The van der Waals surface area contributed by atoms with Gasteiger partial charge in [0.15, 0.2) is 0 Å². The summed E-state index contributed by atoms with van der Waals surface area (Å²) in [4.78, 5) is 0. The van der Waals surface area contributed by atoms with Crippen molar-refractivity contribution in [2.45, 2.75) is 0 Å². The molecule has 0 spiro atoms. The molecule has 0 aliphatic rings. The zero-order valence-corrected chi connectivity index (χ0v) is 31.7. The second-order valence-electron chi connectivity index (χ2n) is 15.3. The third-order valence-electron chi connectivity index (χ3n) is 12.1. The molecule has 2 heteroatoms. The minimum atomic E-state index is 1.15. The van der Waals surface area contributed by atoms with Crippen molar-refractivity contribution >= 4 is 65.2 Å². The first-order valence-corrected chi connectivity index (χ1v) is 20.0. The van der Waals surface area contributed by atoms with Crippen LogP contribution in [0.5, 0.6) is 0 Å². The summed E-state index contributed by atoms with van der Waals surface area (Å²) in [5.41, 5.74) is 14.4. The minimum absolute atomic E-state index is 1.15. The van der Waals surface area contributed by atoms with Crippen molar-refractivity contribution in [2.75, 3.05) is 0 Å². The molecule has 58 heavy (non-hydrogen) atoms. The Balaban J connectivity index is 1.04. The van der Waals surface area contributed by atoms with Gasteiger partial charge in [-0.3, -0.25) is 0 Å². The summed E-state index contributed by atoms with van der Waals surface area (Å²) in [5, 5.41) is 10.1. The summed E-state index contributed by atoms with van der Waals surface area (Å²) < 4.78 is 4.77. The first-order valence-electron chi connectivity index (χ1n) is 20.0. The lowest BCUT2D eigenvalue weighted by molar-refractivity contribution is 1.18. The second-order valence-corrected chi connectivity index (χ2v) is 15.3. The molecule has 0 aliphatic heterocycles. The molecule has 0 radical (unpaired) electrons. The highest BCUT2D eigenvalue weighted by atomic mass is 15.0. The summed E-state index contributed by atoms with van der Waals surface area (Å²) in [5.74, 6) is 0. The molecule has 0 N–H and O–H groups in total. The molecule has 0 saturated carbocycles. The third kappa shape index (κ3) is 5.05. The molecule has 12 aromatic rings. The number of nitrogens with zero attached hydrogens (tertiary/aromatic N) is 2. The van der Waals surface area contributed by atoms with E-state index < -0.39 is 0 Å². The Labute approximate surface area is 336 Å². The molecule has 0 saturated heterocycles. The van der Waals surface area contributed by atoms with Crippen LogP contribution >= 0.6 is 0 Å². The average Bonchev–Trinajstić information content (AvgIpc) is 3.81. The summed E-state index contributed by atoms with van der Waals surface area (Å²) in [7, 11) is 0. The van der Waals surface area contributed by atoms with Crippen LogP contribution in [0.25, 0.3) is 110 Å². The van der Waals surface area contributed by atoms with Gasteiger partial charge in [-0.15, -0.1) is 0 Å². The molecule has 270 valence electrons. The maximum atomic E-state index is 2.39. The quantitative estimate of drug-likeness (QED) is 0.156. The first kappa shape index (κ1) is 32.6. The summed E-state index contributed by atoms with van der Waals surface area (Å²) in [6.45, 7) is 0. The molecule has 2 nitrogen and oxygen atoms in total. The standard InChI is InChI=1S/C56H36N2/c1-3-15-46-39(13-1)33-40-14-2-4-16-47(40)56(46)43-35-41(37-25-29-44(30-26-37)57-52-21-9-5-17-48(52)49-18-6-10-22-53(49)57)34-42(36-43)38-27-31-45(32-28-38)58-54-23-11-7-19-50(54)51-20-8-12-24-55(51)58/h1-36H. The fourth-order valence-corrected chi connectivity index (χ4v) is 9.44. The smallest absolute Gasteiger partial charge is 0.0541 e. The van der Waals surface area contributed by atoms with Crippen LogP contribution in [0.3, 0.4) is 0 Å². The molecule has 2 heterocycles. The van der Waals surface area contributed by atoms with Crippen LogP contribution in [0, 0.1) is 0 Å². The largest absolute Gasteiger partial charge is 0.309 e. The Bertz CT molecular complexity index is 3210. The first-order chi connectivity index (χ1) is 28.8. The Morgan fingerprint density at radius 1 is 0.224 bits per heavy atom. The highest BCUT2D eigenvalue weighted by molar-refractivity contribution is 6.14. The molecule has 0 fully saturated rings. The Morgan fingerprint density at radius 3 is 0.914 bits per heavy atom. The molecule has 12 rings (SSSR count). The van der Waals surface area contributed by atoms with Gasteiger partial charge in [0.05, 0.1) is 22.1 Å². The van der Waals surface area contributed by atoms with Gasteiger partial charge in [-0.1, -0.05) is 146 Å². The number of aromatic nitrogens is 2. The monoisotopic (exact) mass is 736 g/mol. The van der Waals surface area contributed by atoms with Gasteiger partial charge in [0, 0.05) is 32.9 Å². The number of fused-ring (bicyclic) bond motifs is 8. The topological polar surface area (TPSA) is 9.86 Å². The maximum Gasteiger partial charge on any atom is 0.0541 e. The van der Waals surface area contributed by atoms with Crippen LogP contribution in [-0.4, -0.2) is 9.13 Å². The van der Waals surface area contributed by atoms with Crippen LogP contribution in [0.2, 0.25) is 0 Å². The van der Waals surface area contributed by atoms with Gasteiger partial charge in [-0.25, -0.2) is 0 Å². The molecule has 0 atom stereocenters.